The first-order chi connectivity index (χ1) is 6.91. The number of carboxylic acid groups (broad SMARTS) is 1. The molecule has 5 nitrogen and oxygen atoms in total. The molecule has 1 rings (SSSR count). The van der Waals surface area contributed by atoms with Gasteiger partial charge in [-0.25, -0.2) is 4.79 Å². The zero-order chi connectivity index (χ0) is 11.6. The summed E-state index contributed by atoms with van der Waals surface area (Å²) in [6.45, 7) is 3.14. The highest BCUT2D eigenvalue weighted by Crippen LogP contribution is 2.39. The predicted octanol–water partition coefficient (Wildman–Crippen LogP) is 0.391. The number of methoxy groups -OCH3 is 1. The average molecular weight is 215 g/mol. The Kier molecular flexibility index (Phi) is 3.34. The lowest BCUT2D eigenvalue weighted by atomic mass is 9.95. The summed E-state index contributed by atoms with van der Waals surface area (Å²) in [7, 11) is 1.42. The van der Waals surface area contributed by atoms with Crippen molar-refractivity contribution < 1.29 is 19.4 Å². The number of aliphatic carboxylic acids is 1. The number of carbonyl (C=O) groups excluding carboxylic acids is 1. The van der Waals surface area contributed by atoms with Gasteiger partial charge in [-0.2, -0.15) is 0 Å². The van der Waals surface area contributed by atoms with Gasteiger partial charge in [0, 0.05) is 7.11 Å². The number of hydrogen-bond donors (Lipinski definition) is 2. The second-order valence-electron chi connectivity index (χ2n) is 4.15. The molecule has 0 heterocycles. The largest absolute Gasteiger partial charge is 0.480 e. The van der Waals surface area contributed by atoms with E-state index in [2.05, 4.69) is 5.32 Å². The van der Waals surface area contributed by atoms with Crippen LogP contribution in [0.4, 0.5) is 0 Å². The van der Waals surface area contributed by atoms with Gasteiger partial charge in [0.25, 0.3) is 0 Å². The maximum Gasteiger partial charge on any atom is 0.329 e. The molecule has 1 aliphatic carbocycles. The van der Waals surface area contributed by atoms with Crippen LogP contribution in [0.15, 0.2) is 0 Å². The van der Waals surface area contributed by atoms with E-state index in [1.54, 1.807) is 13.8 Å². The van der Waals surface area contributed by atoms with Gasteiger partial charge in [-0.3, -0.25) is 4.79 Å². The van der Waals surface area contributed by atoms with Gasteiger partial charge in [0.15, 0.2) is 0 Å². The lowest BCUT2D eigenvalue weighted by molar-refractivity contribution is -0.149. The van der Waals surface area contributed by atoms with Crippen LogP contribution in [0, 0.1) is 5.92 Å². The highest BCUT2D eigenvalue weighted by atomic mass is 16.5. The minimum atomic E-state index is -1.15. The van der Waals surface area contributed by atoms with Gasteiger partial charge in [0.1, 0.15) is 11.6 Å². The molecule has 1 fully saturated rings. The molecule has 86 valence electrons. The van der Waals surface area contributed by atoms with Crippen LogP contribution >= 0.6 is 0 Å². The molecule has 0 spiro atoms. The maximum atomic E-state index is 11.5. The average Bonchev–Trinajstić information content (AvgIpc) is 2.99. The topological polar surface area (TPSA) is 75.6 Å². The first-order valence-corrected chi connectivity index (χ1v) is 5.00. The number of hydrogen-bond acceptors (Lipinski definition) is 3. The van der Waals surface area contributed by atoms with E-state index in [4.69, 9.17) is 9.84 Å². The first kappa shape index (κ1) is 12.0. The Hall–Kier alpha value is -1.10. The Bertz CT molecular complexity index is 275. The van der Waals surface area contributed by atoms with Crippen molar-refractivity contribution in [2.75, 3.05) is 7.11 Å². The first-order valence-electron chi connectivity index (χ1n) is 5.00. The number of carbonyl (C=O) groups is 2. The molecular weight excluding hydrogens is 198 g/mol. The summed E-state index contributed by atoms with van der Waals surface area (Å²) in [6.07, 6.45) is 1.08. The van der Waals surface area contributed by atoms with E-state index in [0.717, 1.165) is 12.8 Å². The molecule has 0 aromatic carbocycles. The van der Waals surface area contributed by atoms with Crippen LogP contribution in [0.1, 0.15) is 26.7 Å². The molecule has 0 radical (unpaired) electrons. The van der Waals surface area contributed by atoms with Gasteiger partial charge < -0.3 is 15.2 Å². The molecule has 2 N–H and O–H groups in total. The van der Waals surface area contributed by atoms with E-state index in [9.17, 15) is 9.59 Å². The number of rotatable bonds is 5. The van der Waals surface area contributed by atoms with Gasteiger partial charge in [0.2, 0.25) is 5.91 Å². The molecule has 1 amide bonds. The normalized spacial score (nSPS) is 21.5. The van der Waals surface area contributed by atoms with E-state index < -0.39 is 17.6 Å². The van der Waals surface area contributed by atoms with E-state index in [-0.39, 0.29) is 11.8 Å². The molecule has 0 aliphatic heterocycles. The standard InChI is InChI=1S/C10H17NO4/c1-6(15-3)8(12)11-10(2,9(13)14)7-4-5-7/h6-7H,4-5H2,1-3H3,(H,11,12)(H,13,14). The van der Waals surface area contributed by atoms with E-state index in [1.807, 2.05) is 0 Å². The van der Waals surface area contributed by atoms with Crippen molar-refractivity contribution in [2.45, 2.75) is 38.3 Å². The Morgan fingerprint density at radius 3 is 2.40 bits per heavy atom. The number of amides is 1. The maximum absolute atomic E-state index is 11.5. The molecule has 2 unspecified atom stereocenters. The summed E-state index contributed by atoms with van der Waals surface area (Å²) < 4.78 is 4.83. The summed E-state index contributed by atoms with van der Waals surface area (Å²) in [5.74, 6) is -1.32. The fourth-order valence-corrected chi connectivity index (χ4v) is 1.46. The fraction of sp³-hybridized carbons (Fsp3) is 0.800. The Morgan fingerprint density at radius 1 is 1.53 bits per heavy atom. The van der Waals surface area contributed by atoms with Crippen molar-refractivity contribution in [2.24, 2.45) is 5.92 Å². The van der Waals surface area contributed by atoms with Crippen LogP contribution in [0.2, 0.25) is 0 Å². The minimum absolute atomic E-state index is 0.0445. The quantitative estimate of drug-likeness (QED) is 0.695. The van der Waals surface area contributed by atoms with Gasteiger partial charge in [-0.05, 0) is 32.6 Å². The molecule has 0 saturated heterocycles. The summed E-state index contributed by atoms with van der Waals surface area (Å²) >= 11 is 0. The van der Waals surface area contributed by atoms with Crippen LogP contribution in [-0.4, -0.2) is 35.7 Å². The van der Waals surface area contributed by atoms with Crippen molar-refractivity contribution in [3.8, 4) is 0 Å². The molecule has 0 aromatic heterocycles. The van der Waals surface area contributed by atoms with E-state index in [0.29, 0.717) is 0 Å². The highest BCUT2D eigenvalue weighted by Gasteiger charge is 2.48. The summed E-state index contributed by atoms with van der Waals surface area (Å²) in [5, 5.41) is 11.6. The van der Waals surface area contributed by atoms with E-state index >= 15 is 0 Å². The number of carboxylic acids is 1. The van der Waals surface area contributed by atoms with Crippen LogP contribution in [0.3, 0.4) is 0 Å². The number of nitrogens with one attached hydrogen (secondary N) is 1. The SMILES string of the molecule is COC(C)C(=O)NC(C)(C(=O)O)C1CC1. The van der Waals surface area contributed by atoms with Gasteiger partial charge in [0.05, 0.1) is 0 Å². The van der Waals surface area contributed by atoms with Crippen molar-refractivity contribution in [1.82, 2.24) is 5.32 Å². The third-order valence-corrected chi connectivity index (χ3v) is 2.94. The summed E-state index contributed by atoms with van der Waals surface area (Å²) in [5.41, 5.74) is -1.15. The third kappa shape index (κ3) is 2.47. The van der Waals surface area contributed by atoms with E-state index in [1.165, 1.54) is 7.11 Å². The van der Waals surface area contributed by atoms with Crippen LogP contribution in [0.5, 0.6) is 0 Å². The minimum Gasteiger partial charge on any atom is -0.480 e. The van der Waals surface area contributed by atoms with Gasteiger partial charge in [-0.15, -0.1) is 0 Å². The van der Waals surface area contributed by atoms with Gasteiger partial charge >= 0.3 is 5.97 Å². The lowest BCUT2D eigenvalue weighted by Crippen LogP contribution is -2.56. The predicted molar refractivity (Wildman–Crippen MR) is 53.4 cm³/mol. The zero-order valence-corrected chi connectivity index (χ0v) is 9.24. The molecule has 1 aliphatic rings. The Balaban J connectivity index is 2.67. The lowest BCUT2D eigenvalue weighted by Gasteiger charge is -2.27. The molecule has 0 bridgehead atoms. The molecule has 15 heavy (non-hydrogen) atoms. The van der Waals surface area contributed by atoms with Gasteiger partial charge in [-0.1, -0.05) is 0 Å². The molecule has 0 aromatic rings. The zero-order valence-electron chi connectivity index (χ0n) is 9.24. The monoisotopic (exact) mass is 215 g/mol. The van der Waals surface area contributed by atoms with Crippen LogP contribution in [-0.2, 0) is 14.3 Å². The fourth-order valence-electron chi connectivity index (χ4n) is 1.46. The van der Waals surface area contributed by atoms with Crippen LogP contribution < -0.4 is 5.32 Å². The Labute approximate surface area is 88.8 Å². The van der Waals surface area contributed by atoms with Crippen LogP contribution in [0.25, 0.3) is 0 Å². The summed E-state index contributed by atoms with van der Waals surface area (Å²) in [6, 6.07) is 0. The molecule has 2 atom stereocenters. The molecule has 5 heteroatoms. The second-order valence-corrected chi connectivity index (χ2v) is 4.15. The third-order valence-electron chi connectivity index (χ3n) is 2.94. The van der Waals surface area contributed by atoms with Crippen molar-refractivity contribution in [1.29, 1.82) is 0 Å². The van der Waals surface area contributed by atoms with Crippen molar-refractivity contribution in [3.63, 3.8) is 0 Å². The molecule has 1 saturated carbocycles. The summed E-state index contributed by atoms with van der Waals surface area (Å²) in [4.78, 5) is 22.6. The van der Waals surface area contributed by atoms with Crippen molar-refractivity contribution >= 4 is 11.9 Å². The van der Waals surface area contributed by atoms with Crippen molar-refractivity contribution in [3.05, 3.63) is 0 Å². The molecular formula is C10H17NO4. The Morgan fingerprint density at radius 2 is 2.07 bits per heavy atom. The second kappa shape index (κ2) is 4.18. The smallest absolute Gasteiger partial charge is 0.329 e. The highest BCUT2D eigenvalue weighted by molar-refractivity contribution is 5.89. The number of ether oxygens (including phenoxy) is 1.